The Morgan fingerprint density at radius 3 is 2.31 bits per heavy atom. The fourth-order valence-corrected chi connectivity index (χ4v) is 1.39. The minimum atomic E-state index is -0.318. The van der Waals surface area contributed by atoms with E-state index in [0.29, 0.717) is 18.9 Å². The van der Waals surface area contributed by atoms with Gasteiger partial charge in [-0.05, 0) is 40.2 Å². The zero-order chi connectivity index (χ0) is 12.4. The highest BCUT2D eigenvalue weighted by molar-refractivity contribution is 5.50. The van der Waals surface area contributed by atoms with Gasteiger partial charge in [0.1, 0.15) is 11.9 Å². The van der Waals surface area contributed by atoms with Crippen molar-refractivity contribution < 1.29 is 14.3 Å². The van der Waals surface area contributed by atoms with Gasteiger partial charge in [0.05, 0.1) is 0 Å². The quantitative estimate of drug-likeness (QED) is 0.748. The van der Waals surface area contributed by atoms with Crippen molar-refractivity contribution >= 4 is 12.8 Å². The first-order chi connectivity index (χ1) is 7.49. The second-order valence-electron chi connectivity index (χ2n) is 4.88. The van der Waals surface area contributed by atoms with Gasteiger partial charge in [0.25, 0.3) is 6.47 Å². The third-order valence-corrected chi connectivity index (χ3v) is 2.19. The van der Waals surface area contributed by atoms with Crippen molar-refractivity contribution in [2.45, 2.75) is 58.1 Å². The Kier molecular flexibility index (Phi) is 7.81. The summed E-state index contributed by atoms with van der Waals surface area (Å²) in [5.74, 6) is 0. The number of hydrogen-bond donors (Lipinski definition) is 1. The average Bonchev–Trinajstić information content (AvgIpc) is 2.19. The minimum absolute atomic E-state index is 0.318. The number of carbonyl (C=O) groups excluding carboxylic acids is 2. The first-order valence-electron chi connectivity index (χ1n) is 5.78. The summed E-state index contributed by atoms with van der Waals surface area (Å²) >= 11 is 0. The standard InChI is InChI=1S/C7H13NO.C5H10O2/c9-6-4-7-3-1-2-5-8-7;1-5(2,3)7-4-6/h6-8H,1-5H2;4H,1-3H3. The largest absolute Gasteiger partial charge is 0.462 e. The summed E-state index contributed by atoms with van der Waals surface area (Å²) in [6, 6.07) is 0.483. The van der Waals surface area contributed by atoms with E-state index in [-0.39, 0.29) is 5.60 Å². The van der Waals surface area contributed by atoms with E-state index in [9.17, 15) is 9.59 Å². The summed E-state index contributed by atoms with van der Waals surface area (Å²) in [4.78, 5) is 19.6. The van der Waals surface area contributed by atoms with Crippen LogP contribution in [0.2, 0.25) is 0 Å². The molecule has 1 saturated heterocycles. The molecular weight excluding hydrogens is 206 g/mol. The van der Waals surface area contributed by atoms with Crippen molar-refractivity contribution in [3.05, 3.63) is 0 Å². The van der Waals surface area contributed by atoms with Crippen molar-refractivity contribution in [2.24, 2.45) is 0 Å². The van der Waals surface area contributed by atoms with Gasteiger partial charge < -0.3 is 14.8 Å². The maximum atomic E-state index is 10.0. The van der Waals surface area contributed by atoms with Crippen LogP contribution in [0, 0.1) is 0 Å². The molecule has 1 unspecified atom stereocenters. The first-order valence-corrected chi connectivity index (χ1v) is 5.78. The smallest absolute Gasteiger partial charge is 0.293 e. The van der Waals surface area contributed by atoms with Crippen molar-refractivity contribution in [1.29, 1.82) is 0 Å². The lowest BCUT2D eigenvalue weighted by Gasteiger charge is -2.20. The third kappa shape index (κ3) is 9.65. The summed E-state index contributed by atoms with van der Waals surface area (Å²) in [6.07, 6.45) is 5.43. The number of nitrogens with one attached hydrogen (secondary N) is 1. The summed E-state index contributed by atoms with van der Waals surface area (Å²) < 4.78 is 4.55. The van der Waals surface area contributed by atoms with Crippen molar-refractivity contribution in [2.75, 3.05) is 6.54 Å². The van der Waals surface area contributed by atoms with Gasteiger partial charge in [0.2, 0.25) is 0 Å². The highest BCUT2D eigenvalue weighted by Gasteiger charge is 2.10. The van der Waals surface area contributed by atoms with Crippen LogP contribution >= 0.6 is 0 Å². The van der Waals surface area contributed by atoms with Crippen LogP contribution in [0.25, 0.3) is 0 Å². The van der Waals surface area contributed by atoms with Gasteiger partial charge in [-0.25, -0.2) is 0 Å². The molecule has 0 aromatic rings. The molecule has 1 heterocycles. The van der Waals surface area contributed by atoms with E-state index in [1.165, 1.54) is 19.3 Å². The molecule has 0 aromatic heterocycles. The lowest BCUT2D eigenvalue weighted by molar-refractivity contribution is -0.138. The van der Waals surface area contributed by atoms with E-state index in [1.807, 2.05) is 20.8 Å². The fourth-order valence-electron chi connectivity index (χ4n) is 1.39. The Balaban J connectivity index is 0.000000293. The minimum Gasteiger partial charge on any atom is -0.462 e. The number of aldehydes is 1. The third-order valence-electron chi connectivity index (χ3n) is 2.19. The SMILES string of the molecule is CC(C)(C)OC=O.O=CCC1CCCCN1. The van der Waals surface area contributed by atoms with E-state index >= 15 is 0 Å². The van der Waals surface area contributed by atoms with E-state index in [4.69, 9.17) is 0 Å². The zero-order valence-corrected chi connectivity index (χ0v) is 10.5. The van der Waals surface area contributed by atoms with Crippen LogP contribution in [-0.2, 0) is 14.3 Å². The average molecular weight is 229 g/mol. The first kappa shape index (κ1) is 15.1. The molecule has 4 heteroatoms. The van der Waals surface area contributed by atoms with Gasteiger partial charge in [0.15, 0.2) is 0 Å². The number of ether oxygens (including phenoxy) is 1. The molecule has 16 heavy (non-hydrogen) atoms. The van der Waals surface area contributed by atoms with Crippen LogP contribution in [0.3, 0.4) is 0 Å². The van der Waals surface area contributed by atoms with Crippen LogP contribution in [0.1, 0.15) is 46.5 Å². The van der Waals surface area contributed by atoms with Gasteiger partial charge in [-0.2, -0.15) is 0 Å². The van der Waals surface area contributed by atoms with E-state index in [0.717, 1.165) is 12.8 Å². The van der Waals surface area contributed by atoms with Gasteiger partial charge >= 0.3 is 0 Å². The fraction of sp³-hybridized carbons (Fsp3) is 0.833. The summed E-state index contributed by atoms with van der Waals surface area (Å²) in [6.45, 7) is 7.02. The van der Waals surface area contributed by atoms with E-state index < -0.39 is 0 Å². The number of rotatable bonds is 3. The Morgan fingerprint density at radius 1 is 1.31 bits per heavy atom. The molecule has 0 bridgehead atoms. The molecule has 4 nitrogen and oxygen atoms in total. The molecule has 0 saturated carbocycles. The molecule has 94 valence electrons. The van der Waals surface area contributed by atoms with Crippen LogP contribution in [0.5, 0.6) is 0 Å². The summed E-state index contributed by atoms with van der Waals surface area (Å²) in [5, 5.41) is 3.29. The highest BCUT2D eigenvalue weighted by atomic mass is 16.5. The van der Waals surface area contributed by atoms with Gasteiger partial charge in [-0.3, -0.25) is 4.79 Å². The van der Waals surface area contributed by atoms with Crippen molar-refractivity contribution in [1.82, 2.24) is 5.32 Å². The highest BCUT2D eigenvalue weighted by Crippen LogP contribution is 2.08. The van der Waals surface area contributed by atoms with Crippen LogP contribution in [0.4, 0.5) is 0 Å². The number of carbonyl (C=O) groups is 2. The van der Waals surface area contributed by atoms with E-state index in [2.05, 4.69) is 10.1 Å². The normalized spacial score (nSPS) is 20.3. The van der Waals surface area contributed by atoms with Crippen LogP contribution in [-0.4, -0.2) is 30.9 Å². The monoisotopic (exact) mass is 229 g/mol. The molecule has 0 aromatic carbocycles. The molecule has 1 N–H and O–H groups in total. The molecular formula is C12H23NO3. The van der Waals surface area contributed by atoms with Gasteiger partial charge in [-0.15, -0.1) is 0 Å². The Labute approximate surface area is 97.7 Å². The number of hydrogen-bond acceptors (Lipinski definition) is 4. The lowest BCUT2D eigenvalue weighted by Crippen LogP contribution is -2.33. The molecule has 0 amide bonds. The second-order valence-corrected chi connectivity index (χ2v) is 4.88. The Hall–Kier alpha value is -0.900. The predicted molar refractivity (Wildman–Crippen MR) is 63.2 cm³/mol. The van der Waals surface area contributed by atoms with Crippen molar-refractivity contribution in [3.63, 3.8) is 0 Å². The predicted octanol–water partition coefficient (Wildman–Crippen LogP) is 1.68. The Morgan fingerprint density at radius 2 is 2.00 bits per heavy atom. The maximum Gasteiger partial charge on any atom is 0.293 e. The molecule has 1 aliphatic heterocycles. The molecule has 0 aliphatic carbocycles. The molecule has 0 spiro atoms. The summed E-state index contributed by atoms with van der Waals surface area (Å²) in [5.41, 5.74) is -0.318. The molecule has 0 radical (unpaired) electrons. The number of piperidine rings is 1. The Bertz CT molecular complexity index is 193. The van der Waals surface area contributed by atoms with E-state index in [1.54, 1.807) is 0 Å². The van der Waals surface area contributed by atoms with Gasteiger partial charge in [-0.1, -0.05) is 6.42 Å². The summed E-state index contributed by atoms with van der Waals surface area (Å²) in [7, 11) is 0. The van der Waals surface area contributed by atoms with Crippen molar-refractivity contribution in [3.8, 4) is 0 Å². The molecule has 1 atom stereocenters. The van der Waals surface area contributed by atoms with Crippen LogP contribution < -0.4 is 5.32 Å². The lowest BCUT2D eigenvalue weighted by atomic mass is 10.0. The van der Waals surface area contributed by atoms with Gasteiger partial charge in [0, 0.05) is 12.5 Å². The molecule has 1 rings (SSSR count). The maximum absolute atomic E-state index is 10.0. The zero-order valence-electron chi connectivity index (χ0n) is 10.5. The topological polar surface area (TPSA) is 55.4 Å². The molecule has 1 fully saturated rings. The molecule has 1 aliphatic rings. The second kappa shape index (κ2) is 8.28. The van der Waals surface area contributed by atoms with Crippen LogP contribution in [0.15, 0.2) is 0 Å².